The monoisotopic (exact) mass is 207 g/mol. The molecule has 84 valence electrons. The van der Waals surface area contributed by atoms with Gasteiger partial charge in [-0.25, -0.2) is 0 Å². The van der Waals surface area contributed by atoms with E-state index in [4.69, 9.17) is 2.74 Å². The van der Waals surface area contributed by atoms with Crippen LogP contribution in [0.15, 0.2) is 30.3 Å². The molecule has 0 aliphatic heterocycles. The summed E-state index contributed by atoms with van der Waals surface area (Å²) >= 11 is 0. The lowest BCUT2D eigenvalue weighted by atomic mass is 9.82. The predicted octanol–water partition coefficient (Wildman–Crippen LogP) is 3.46. The molecule has 1 aromatic carbocycles. The van der Waals surface area contributed by atoms with E-state index in [1.54, 1.807) is 0 Å². The number of nitrogens with one attached hydrogen (secondary N) is 1. The average molecular weight is 207 g/mol. The summed E-state index contributed by atoms with van der Waals surface area (Å²) < 4.78 is 15.3. The highest BCUT2D eigenvalue weighted by Crippen LogP contribution is 2.24. The van der Waals surface area contributed by atoms with Gasteiger partial charge in [-0.2, -0.15) is 0 Å². The van der Waals surface area contributed by atoms with Crippen LogP contribution in [0.5, 0.6) is 0 Å². The van der Waals surface area contributed by atoms with Crippen molar-refractivity contribution in [2.75, 3.05) is 6.54 Å². The quantitative estimate of drug-likeness (QED) is 0.797. The highest BCUT2D eigenvalue weighted by molar-refractivity contribution is 5.14. The molecule has 1 N–H and O–H groups in total. The van der Waals surface area contributed by atoms with E-state index in [1.165, 1.54) is 0 Å². The van der Waals surface area contributed by atoms with Crippen LogP contribution in [-0.2, 0) is 6.54 Å². The standard InChI is InChI=1S/C14H23N/c1-12(14(2,3)4)10-15-11-13-8-6-5-7-9-13/h5-9,12,15H,10-11H2,1-4H3/i1D,8D. The molecule has 0 aromatic heterocycles. The van der Waals surface area contributed by atoms with Crippen LogP contribution in [0.3, 0.4) is 0 Å². The van der Waals surface area contributed by atoms with Crippen molar-refractivity contribution in [3.63, 3.8) is 0 Å². The van der Waals surface area contributed by atoms with Crippen molar-refractivity contribution in [3.05, 3.63) is 35.9 Å². The van der Waals surface area contributed by atoms with Crippen molar-refractivity contribution in [2.45, 2.75) is 34.2 Å². The van der Waals surface area contributed by atoms with E-state index < -0.39 is 0 Å². The maximum absolute atomic E-state index is 7.75. The summed E-state index contributed by atoms with van der Waals surface area (Å²) in [6.45, 7) is 8.51. The summed E-state index contributed by atoms with van der Waals surface area (Å²) in [5.74, 6) is 0.348. The van der Waals surface area contributed by atoms with Crippen molar-refractivity contribution in [1.29, 1.82) is 0 Å². The molecule has 15 heavy (non-hydrogen) atoms. The summed E-state index contributed by atoms with van der Waals surface area (Å²) in [5, 5.41) is 3.36. The largest absolute Gasteiger partial charge is 0.312 e. The van der Waals surface area contributed by atoms with Gasteiger partial charge in [-0.1, -0.05) is 58.0 Å². The lowest BCUT2D eigenvalue weighted by Gasteiger charge is -2.27. The van der Waals surface area contributed by atoms with Gasteiger partial charge in [0, 0.05) is 7.92 Å². The summed E-state index contributed by atoms with van der Waals surface area (Å²) in [4.78, 5) is 0. The van der Waals surface area contributed by atoms with E-state index in [0.717, 1.165) is 12.1 Å². The summed E-state index contributed by atoms with van der Waals surface area (Å²) in [5.41, 5.74) is 1.18. The number of rotatable bonds is 4. The molecule has 0 saturated carbocycles. The molecular weight excluding hydrogens is 182 g/mol. The van der Waals surface area contributed by atoms with E-state index in [1.807, 2.05) is 24.3 Å². The third-order valence-electron chi connectivity index (χ3n) is 2.70. The van der Waals surface area contributed by atoms with Crippen molar-refractivity contribution in [2.24, 2.45) is 11.3 Å². The SMILES string of the molecule is [2H]CC(CNCc1ccccc1[2H])C(C)(C)C. The van der Waals surface area contributed by atoms with Gasteiger partial charge >= 0.3 is 0 Å². The van der Waals surface area contributed by atoms with Crippen LogP contribution in [0.25, 0.3) is 0 Å². The van der Waals surface area contributed by atoms with Crippen LogP contribution in [0.2, 0.25) is 0 Å². The molecule has 0 amide bonds. The molecule has 0 spiro atoms. The zero-order valence-electron chi connectivity index (χ0n) is 12.0. The molecule has 0 aliphatic rings. The van der Waals surface area contributed by atoms with E-state index >= 15 is 0 Å². The second kappa shape index (κ2) is 5.32. The van der Waals surface area contributed by atoms with Gasteiger partial charge in [-0.15, -0.1) is 0 Å². The Kier molecular flexibility index (Phi) is 3.33. The second-order valence-corrected chi connectivity index (χ2v) is 5.08. The molecule has 0 heterocycles. The first-order valence-corrected chi connectivity index (χ1v) is 5.49. The van der Waals surface area contributed by atoms with Crippen LogP contribution in [0.1, 0.15) is 36.0 Å². The third-order valence-corrected chi connectivity index (χ3v) is 2.70. The lowest BCUT2D eigenvalue weighted by Crippen LogP contribution is -2.29. The minimum atomic E-state index is 0.162. The van der Waals surface area contributed by atoms with E-state index in [2.05, 4.69) is 26.1 Å². The van der Waals surface area contributed by atoms with Crippen molar-refractivity contribution >= 4 is 0 Å². The zero-order chi connectivity index (χ0) is 12.9. The molecule has 1 aromatic rings. The highest BCUT2D eigenvalue weighted by atomic mass is 14.9. The van der Waals surface area contributed by atoms with Crippen molar-refractivity contribution in [1.82, 2.24) is 5.32 Å². The zero-order valence-corrected chi connectivity index (χ0v) is 10.0. The maximum atomic E-state index is 7.75. The van der Waals surface area contributed by atoms with E-state index in [0.29, 0.717) is 25.4 Å². The summed E-state index contributed by atoms with van der Waals surface area (Å²) in [6, 6.07) is 8.21. The average Bonchev–Trinajstić information content (AvgIpc) is 2.25. The smallest absolute Gasteiger partial charge is 0.0626 e. The Balaban J connectivity index is 2.45. The Hall–Kier alpha value is -0.820. The molecule has 1 rings (SSSR count). The van der Waals surface area contributed by atoms with Crippen molar-refractivity contribution in [3.8, 4) is 0 Å². The van der Waals surface area contributed by atoms with Crippen LogP contribution < -0.4 is 5.32 Å². The number of hydrogen-bond donors (Lipinski definition) is 1. The van der Waals surface area contributed by atoms with Gasteiger partial charge in [-0.05, 0) is 23.4 Å². The minimum Gasteiger partial charge on any atom is -0.312 e. The Morgan fingerprint density at radius 3 is 2.80 bits per heavy atom. The van der Waals surface area contributed by atoms with Crippen LogP contribution in [0, 0.1) is 11.3 Å². The van der Waals surface area contributed by atoms with E-state index in [9.17, 15) is 0 Å². The molecule has 1 unspecified atom stereocenters. The molecular formula is C14H23N. The van der Waals surface area contributed by atoms with Crippen LogP contribution >= 0.6 is 0 Å². The molecule has 0 aliphatic carbocycles. The van der Waals surface area contributed by atoms with Gasteiger partial charge in [0.05, 0.1) is 1.37 Å². The van der Waals surface area contributed by atoms with Crippen LogP contribution in [-0.4, -0.2) is 6.54 Å². The summed E-state index contributed by atoms with van der Waals surface area (Å²) in [7, 11) is 0. The van der Waals surface area contributed by atoms with Gasteiger partial charge in [0.1, 0.15) is 0 Å². The second-order valence-electron chi connectivity index (χ2n) is 5.08. The Morgan fingerprint density at radius 1 is 1.40 bits per heavy atom. The first kappa shape index (κ1) is 9.41. The Morgan fingerprint density at radius 2 is 2.20 bits per heavy atom. The normalized spacial score (nSPS) is 15.7. The number of hydrogen-bond acceptors (Lipinski definition) is 1. The lowest BCUT2D eigenvalue weighted by molar-refractivity contribution is 0.252. The first-order chi connectivity index (χ1) is 7.95. The van der Waals surface area contributed by atoms with Gasteiger partial charge in [0.2, 0.25) is 0 Å². The fraction of sp³-hybridized carbons (Fsp3) is 0.571. The van der Waals surface area contributed by atoms with Crippen molar-refractivity contribution < 1.29 is 2.74 Å². The van der Waals surface area contributed by atoms with Gasteiger partial charge < -0.3 is 5.32 Å². The first-order valence-electron chi connectivity index (χ1n) is 6.70. The topological polar surface area (TPSA) is 12.0 Å². The van der Waals surface area contributed by atoms with Crippen LogP contribution in [0.4, 0.5) is 0 Å². The Labute approximate surface area is 96.7 Å². The predicted molar refractivity (Wildman–Crippen MR) is 66.8 cm³/mol. The molecule has 1 atom stereocenters. The molecule has 0 saturated heterocycles. The fourth-order valence-corrected chi connectivity index (χ4v) is 1.23. The number of benzene rings is 1. The van der Waals surface area contributed by atoms with Gasteiger partial charge in [0.15, 0.2) is 0 Å². The van der Waals surface area contributed by atoms with Gasteiger partial charge in [-0.3, -0.25) is 0 Å². The molecule has 1 heteroatoms. The fourth-order valence-electron chi connectivity index (χ4n) is 1.23. The summed E-state index contributed by atoms with van der Waals surface area (Å²) in [6.07, 6.45) is 0. The van der Waals surface area contributed by atoms with Gasteiger partial charge in [0.25, 0.3) is 0 Å². The van der Waals surface area contributed by atoms with E-state index in [-0.39, 0.29) is 5.41 Å². The third kappa shape index (κ3) is 4.48. The molecule has 0 bridgehead atoms. The Bertz CT molecular complexity index is 344. The molecule has 0 radical (unpaired) electrons. The highest BCUT2D eigenvalue weighted by Gasteiger charge is 2.18. The molecule has 0 fully saturated rings. The maximum Gasteiger partial charge on any atom is 0.0626 e. The minimum absolute atomic E-state index is 0.162. The molecule has 1 nitrogen and oxygen atoms in total.